The standard InChI is InChI=1S/C16H11I2N3O3S/c17-10-5-9(15(23)11(18)6-10)7-19-21-14(22)8-25-16-20-12-3-1-2-4-13(12)24-16/h1-7,23H,8H2,(H,21,22). The van der Waals surface area contributed by atoms with E-state index in [2.05, 4.69) is 38.1 Å². The van der Waals surface area contributed by atoms with Gasteiger partial charge in [0.1, 0.15) is 11.3 Å². The minimum absolute atomic E-state index is 0.125. The van der Waals surface area contributed by atoms with E-state index >= 15 is 0 Å². The molecule has 2 aromatic carbocycles. The van der Waals surface area contributed by atoms with E-state index in [9.17, 15) is 9.90 Å². The maximum absolute atomic E-state index is 11.9. The third kappa shape index (κ3) is 4.85. The van der Waals surface area contributed by atoms with E-state index in [0.29, 0.717) is 16.4 Å². The number of nitrogens with zero attached hydrogens (tertiary/aromatic N) is 2. The Morgan fingerprint density at radius 3 is 2.96 bits per heavy atom. The van der Waals surface area contributed by atoms with Gasteiger partial charge in [0, 0.05) is 9.13 Å². The minimum Gasteiger partial charge on any atom is -0.506 e. The number of hydrazone groups is 1. The molecule has 9 heteroatoms. The molecule has 0 unspecified atom stereocenters. The highest BCUT2D eigenvalue weighted by Crippen LogP contribution is 2.25. The number of hydrogen-bond donors (Lipinski definition) is 2. The van der Waals surface area contributed by atoms with Crippen molar-refractivity contribution in [3.05, 3.63) is 49.1 Å². The summed E-state index contributed by atoms with van der Waals surface area (Å²) in [6.07, 6.45) is 1.42. The zero-order chi connectivity index (χ0) is 17.8. The minimum atomic E-state index is -0.289. The molecule has 0 bridgehead atoms. The van der Waals surface area contributed by atoms with Gasteiger partial charge in [-0.2, -0.15) is 5.10 Å². The molecule has 0 atom stereocenters. The quantitative estimate of drug-likeness (QED) is 0.207. The molecule has 2 N–H and O–H groups in total. The number of amides is 1. The first-order valence-electron chi connectivity index (χ1n) is 7.01. The van der Waals surface area contributed by atoms with Crippen LogP contribution in [0.2, 0.25) is 0 Å². The van der Waals surface area contributed by atoms with Crippen molar-refractivity contribution < 1.29 is 14.3 Å². The third-order valence-electron chi connectivity index (χ3n) is 3.05. The number of nitrogens with one attached hydrogen (secondary N) is 1. The van der Waals surface area contributed by atoms with E-state index in [1.165, 1.54) is 18.0 Å². The number of carbonyl (C=O) groups excluding carboxylic acids is 1. The summed E-state index contributed by atoms with van der Waals surface area (Å²) < 4.78 is 7.23. The Morgan fingerprint density at radius 2 is 2.16 bits per heavy atom. The number of thioether (sulfide) groups is 1. The molecule has 0 fully saturated rings. The Kier molecular flexibility index (Phi) is 6.17. The number of para-hydroxylation sites is 2. The highest BCUT2D eigenvalue weighted by atomic mass is 127. The molecule has 128 valence electrons. The van der Waals surface area contributed by atoms with Crippen molar-refractivity contribution in [2.75, 3.05) is 5.75 Å². The van der Waals surface area contributed by atoms with Crippen molar-refractivity contribution in [1.29, 1.82) is 0 Å². The number of aromatic hydroxyl groups is 1. The number of rotatable bonds is 5. The summed E-state index contributed by atoms with van der Waals surface area (Å²) in [5, 5.41) is 14.3. The summed E-state index contributed by atoms with van der Waals surface area (Å²) in [6, 6.07) is 11.0. The van der Waals surface area contributed by atoms with Gasteiger partial charge in [-0.15, -0.1) is 0 Å². The van der Waals surface area contributed by atoms with Crippen molar-refractivity contribution in [3.63, 3.8) is 0 Å². The van der Waals surface area contributed by atoms with Gasteiger partial charge in [-0.05, 0) is 69.4 Å². The molecule has 0 aliphatic rings. The van der Waals surface area contributed by atoms with E-state index in [0.717, 1.165) is 12.7 Å². The fraction of sp³-hybridized carbons (Fsp3) is 0.0625. The molecular weight excluding hydrogens is 568 g/mol. The Labute approximate surface area is 174 Å². The van der Waals surface area contributed by atoms with Crippen LogP contribution in [0.1, 0.15) is 5.56 Å². The predicted octanol–water partition coefficient (Wildman–Crippen LogP) is 3.99. The number of halogens is 2. The molecule has 0 radical (unpaired) electrons. The Morgan fingerprint density at radius 1 is 1.36 bits per heavy atom. The molecule has 1 aromatic heterocycles. The van der Waals surface area contributed by atoms with Gasteiger partial charge < -0.3 is 9.52 Å². The van der Waals surface area contributed by atoms with Gasteiger partial charge in [0.15, 0.2) is 5.58 Å². The van der Waals surface area contributed by atoms with Crippen LogP contribution in [-0.4, -0.2) is 28.0 Å². The molecule has 25 heavy (non-hydrogen) atoms. The molecule has 0 aliphatic heterocycles. The zero-order valence-corrected chi connectivity index (χ0v) is 17.7. The second-order valence-electron chi connectivity index (χ2n) is 4.85. The normalized spacial score (nSPS) is 11.3. The average molecular weight is 579 g/mol. The Hall–Kier alpha value is -1.34. The molecule has 3 rings (SSSR count). The van der Waals surface area contributed by atoms with E-state index in [1.54, 1.807) is 6.07 Å². The van der Waals surface area contributed by atoms with Crippen molar-refractivity contribution >= 4 is 80.2 Å². The summed E-state index contributed by atoms with van der Waals surface area (Å²) in [7, 11) is 0. The van der Waals surface area contributed by atoms with Crippen LogP contribution in [0.4, 0.5) is 0 Å². The van der Waals surface area contributed by atoms with Crippen LogP contribution >= 0.6 is 56.9 Å². The number of aromatic nitrogens is 1. The molecule has 1 heterocycles. The molecule has 0 saturated carbocycles. The summed E-state index contributed by atoms with van der Waals surface area (Å²) in [4.78, 5) is 16.1. The van der Waals surface area contributed by atoms with Gasteiger partial charge in [-0.3, -0.25) is 4.79 Å². The smallest absolute Gasteiger partial charge is 0.257 e. The van der Waals surface area contributed by atoms with Crippen LogP contribution in [0.15, 0.2) is 51.1 Å². The van der Waals surface area contributed by atoms with Crippen LogP contribution in [-0.2, 0) is 4.79 Å². The van der Waals surface area contributed by atoms with E-state index in [-0.39, 0.29) is 17.4 Å². The molecular formula is C16H11I2N3O3S. The lowest BCUT2D eigenvalue weighted by Gasteiger charge is -2.03. The number of hydrogen-bond acceptors (Lipinski definition) is 6. The van der Waals surface area contributed by atoms with Gasteiger partial charge in [0.25, 0.3) is 11.1 Å². The monoisotopic (exact) mass is 579 g/mol. The summed E-state index contributed by atoms with van der Waals surface area (Å²) >= 11 is 5.39. The fourth-order valence-electron chi connectivity index (χ4n) is 1.93. The summed E-state index contributed by atoms with van der Waals surface area (Å²) in [6.45, 7) is 0. The molecule has 3 aromatic rings. The third-order valence-corrected chi connectivity index (χ3v) is 5.32. The van der Waals surface area contributed by atoms with Gasteiger partial charge in [0.2, 0.25) is 0 Å². The average Bonchev–Trinajstić information content (AvgIpc) is 3.00. The van der Waals surface area contributed by atoms with E-state index in [4.69, 9.17) is 4.42 Å². The molecule has 1 amide bonds. The summed E-state index contributed by atoms with van der Waals surface area (Å²) in [5.41, 5.74) is 4.41. The second-order valence-corrected chi connectivity index (χ2v) is 8.19. The van der Waals surface area contributed by atoms with E-state index < -0.39 is 0 Å². The van der Waals surface area contributed by atoms with Gasteiger partial charge in [-0.25, -0.2) is 10.4 Å². The van der Waals surface area contributed by atoms with Crippen LogP contribution in [0, 0.1) is 7.14 Å². The molecule has 6 nitrogen and oxygen atoms in total. The topological polar surface area (TPSA) is 87.7 Å². The van der Waals surface area contributed by atoms with Gasteiger partial charge in [-0.1, -0.05) is 23.9 Å². The van der Waals surface area contributed by atoms with Gasteiger partial charge >= 0.3 is 0 Å². The first-order valence-corrected chi connectivity index (χ1v) is 10.2. The predicted molar refractivity (Wildman–Crippen MR) is 114 cm³/mol. The first kappa shape index (κ1) is 18.5. The van der Waals surface area contributed by atoms with Crippen LogP contribution in [0.5, 0.6) is 5.75 Å². The lowest BCUT2D eigenvalue weighted by Crippen LogP contribution is -2.19. The number of benzene rings is 2. The number of oxazole rings is 1. The van der Waals surface area contributed by atoms with E-state index in [1.807, 2.05) is 52.9 Å². The lowest BCUT2D eigenvalue weighted by molar-refractivity contribution is -0.118. The first-order chi connectivity index (χ1) is 12.0. The second kappa shape index (κ2) is 8.36. The number of fused-ring (bicyclic) bond motifs is 1. The maximum atomic E-state index is 11.9. The van der Waals surface area contributed by atoms with Crippen LogP contribution in [0.25, 0.3) is 11.1 Å². The largest absolute Gasteiger partial charge is 0.506 e. The lowest BCUT2D eigenvalue weighted by atomic mass is 10.2. The number of phenolic OH excluding ortho intramolecular Hbond substituents is 1. The van der Waals surface area contributed by atoms with Crippen LogP contribution < -0.4 is 5.43 Å². The van der Waals surface area contributed by atoms with Crippen molar-refractivity contribution in [1.82, 2.24) is 10.4 Å². The number of phenols is 1. The highest BCUT2D eigenvalue weighted by molar-refractivity contribution is 14.1. The maximum Gasteiger partial charge on any atom is 0.257 e. The van der Waals surface area contributed by atoms with Crippen molar-refractivity contribution in [2.45, 2.75) is 5.22 Å². The van der Waals surface area contributed by atoms with Crippen molar-refractivity contribution in [3.8, 4) is 5.75 Å². The van der Waals surface area contributed by atoms with Crippen molar-refractivity contribution in [2.24, 2.45) is 5.10 Å². The molecule has 0 saturated heterocycles. The van der Waals surface area contributed by atoms with Crippen LogP contribution in [0.3, 0.4) is 0 Å². The number of carbonyl (C=O) groups is 1. The summed E-state index contributed by atoms with van der Waals surface area (Å²) in [5.74, 6) is -0.0248. The fourth-order valence-corrected chi connectivity index (χ4v) is 4.45. The molecule has 0 aliphatic carbocycles. The highest BCUT2D eigenvalue weighted by Gasteiger charge is 2.09. The SMILES string of the molecule is O=C(CSc1nc2ccccc2o1)NN=Cc1cc(I)cc(I)c1O. The molecule has 0 spiro atoms. The Bertz CT molecular complexity index is 926. The zero-order valence-electron chi connectivity index (χ0n) is 12.6. The Balaban J connectivity index is 1.56. The van der Waals surface area contributed by atoms with Gasteiger partial charge in [0.05, 0.1) is 15.5 Å².